The van der Waals surface area contributed by atoms with Gasteiger partial charge < -0.3 is 25.8 Å². The molecule has 2 aliphatic rings. The van der Waals surface area contributed by atoms with Crippen LogP contribution in [-0.2, 0) is 25.7 Å². The van der Waals surface area contributed by atoms with Gasteiger partial charge >= 0.3 is 5.97 Å². The maximum absolute atomic E-state index is 12.7. The third-order valence-electron chi connectivity index (χ3n) is 6.41. The van der Waals surface area contributed by atoms with Gasteiger partial charge in [0.15, 0.2) is 0 Å². The molecule has 12 heteroatoms. The first-order chi connectivity index (χ1) is 16.8. The average molecular weight is 486 g/mol. The number of ether oxygens (including phenoxy) is 1. The Morgan fingerprint density at radius 1 is 1.31 bits per heavy atom. The van der Waals surface area contributed by atoms with Gasteiger partial charge in [-0.25, -0.2) is 4.68 Å². The first-order valence-corrected chi connectivity index (χ1v) is 11.4. The van der Waals surface area contributed by atoms with E-state index in [0.29, 0.717) is 41.2 Å². The lowest BCUT2D eigenvalue weighted by molar-refractivity contribution is -0.144. The number of hydrogen-bond acceptors (Lipinski definition) is 9. The highest BCUT2D eigenvalue weighted by Gasteiger charge is 2.39. The van der Waals surface area contributed by atoms with Gasteiger partial charge in [0.05, 0.1) is 12.8 Å². The molecular weight excluding hydrogens is 454 g/mol. The minimum atomic E-state index is -0.404. The molecule has 2 saturated heterocycles. The molecule has 35 heavy (non-hydrogen) atoms. The summed E-state index contributed by atoms with van der Waals surface area (Å²) >= 11 is 0. The number of benzene rings is 1. The predicted octanol–water partition coefficient (Wildman–Crippen LogP) is 0.900. The van der Waals surface area contributed by atoms with Gasteiger partial charge in [0.1, 0.15) is 18.0 Å². The normalized spacial score (nSPS) is 20.9. The van der Waals surface area contributed by atoms with Crippen molar-refractivity contribution in [2.45, 2.75) is 57.3 Å². The number of carboxylic acid groups (broad SMARTS) is 1. The third-order valence-corrected chi connectivity index (χ3v) is 6.41. The number of nitrogen functional groups attached to an aromatic ring is 1. The van der Waals surface area contributed by atoms with Crippen molar-refractivity contribution < 1.29 is 24.2 Å². The van der Waals surface area contributed by atoms with Gasteiger partial charge in [0.2, 0.25) is 0 Å². The molecule has 2 unspecified atom stereocenters. The Hall–Kier alpha value is -3.80. The molecule has 12 nitrogen and oxygen atoms in total. The zero-order valence-electron chi connectivity index (χ0n) is 19.8. The molecule has 5 N–H and O–H groups in total. The Kier molecular flexibility index (Phi) is 8.53. The van der Waals surface area contributed by atoms with Crippen LogP contribution in [0.1, 0.15) is 38.2 Å². The number of piperidine rings is 1. The van der Waals surface area contributed by atoms with Crippen LogP contribution < -0.4 is 11.1 Å². The van der Waals surface area contributed by atoms with Crippen LogP contribution in [0.3, 0.4) is 0 Å². The minimum Gasteiger partial charge on any atom is -0.483 e. The van der Waals surface area contributed by atoms with E-state index in [0.717, 1.165) is 12.8 Å². The van der Waals surface area contributed by atoms with E-state index >= 15 is 0 Å². The molecule has 0 spiro atoms. The monoisotopic (exact) mass is 485 g/mol. The number of anilines is 1. The Bertz CT molecular complexity index is 1070. The SMILES string of the molecule is CCOC(=O)Cn1cc(-c2ccc(C(=N)C(=O)NC3CC4CCC(C3)N4C)c(N)c2)nn1.O=CO. The number of carbonyl (C=O) groups is 3. The van der Waals surface area contributed by atoms with Crippen molar-refractivity contribution in [3.8, 4) is 11.3 Å². The van der Waals surface area contributed by atoms with Gasteiger partial charge in [-0.3, -0.25) is 19.8 Å². The first-order valence-electron chi connectivity index (χ1n) is 11.4. The smallest absolute Gasteiger partial charge is 0.327 e. The number of esters is 1. The molecule has 2 fully saturated rings. The highest BCUT2D eigenvalue weighted by atomic mass is 16.5. The van der Waals surface area contributed by atoms with Crippen molar-refractivity contribution in [1.29, 1.82) is 5.41 Å². The van der Waals surface area contributed by atoms with Gasteiger partial charge in [-0.1, -0.05) is 11.3 Å². The summed E-state index contributed by atoms with van der Waals surface area (Å²) in [6.45, 7) is 1.76. The van der Waals surface area contributed by atoms with Gasteiger partial charge in [0.25, 0.3) is 12.4 Å². The number of carbonyl (C=O) groups excluding carboxylic acids is 2. The Morgan fingerprint density at radius 3 is 2.57 bits per heavy atom. The van der Waals surface area contributed by atoms with Crippen molar-refractivity contribution >= 4 is 29.7 Å². The van der Waals surface area contributed by atoms with E-state index in [1.54, 1.807) is 31.3 Å². The highest BCUT2D eigenvalue weighted by Crippen LogP contribution is 2.34. The summed E-state index contributed by atoms with van der Waals surface area (Å²) in [5.74, 6) is -0.797. The van der Waals surface area contributed by atoms with E-state index in [1.165, 1.54) is 17.5 Å². The predicted molar refractivity (Wildman–Crippen MR) is 128 cm³/mol. The second-order valence-corrected chi connectivity index (χ2v) is 8.58. The number of nitrogens with one attached hydrogen (secondary N) is 2. The Morgan fingerprint density at radius 2 is 1.97 bits per heavy atom. The number of hydrogen-bond donors (Lipinski definition) is 4. The summed E-state index contributed by atoms with van der Waals surface area (Å²) in [5, 5.41) is 26.3. The third kappa shape index (κ3) is 6.21. The second-order valence-electron chi connectivity index (χ2n) is 8.58. The Labute approximate surface area is 202 Å². The van der Waals surface area contributed by atoms with E-state index < -0.39 is 11.9 Å². The lowest BCUT2D eigenvalue weighted by Gasteiger charge is -2.36. The molecule has 2 bridgehead atoms. The summed E-state index contributed by atoms with van der Waals surface area (Å²) in [7, 11) is 2.15. The molecule has 1 amide bonds. The maximum Gasteiger partial charge on any atom is 0.327 e. The number of amides is 1. The standard InChI is InChI=1S/C22H29N7O3.CH2O2/c1-3-32-20(30)12-29-11-19(26-27-29)13-4-7-17(18(23)8-13)21(24)22(31)25-14-9-15-5-6-16(10-14)28(15)2;2-1-3/h4,7-8,11,14-16,24H,3,5-6,9-10,12,23H2,1-2H3,(H,25,31);1H,(H,2,3). The topological polar surface area (TPSA) is 177 Å². The molecule has 0 saturated carbocycles. The average Bonchev–Trinajstić information content (AvgIpc) is 3.34. The number of rotatable bonds is 7. The van der Waals surface area contributed by atoms with E-state index in [4.69, 9.17) is 25.8 Å². The number of nitrogens with zero attached hydrogens (tertiary/aromatic N) is 4. The van der Waals surface area contributed by atoms with Crippen LogP contribution in [0.5, 0.6) is 0 Å². The molecule has 4 rings (SSSR count). The van der Waals surface area contributed by atoms with E-state index in [1.807, 2.05) is 0 Å². The fourth-order valence-corrected chi connectivity index (χ4v) is 4.71. The van der Waals surface area contributed by atoms with Gasteiger partial charge in [-0.2, -0.15) is 0 Å². The number of fused-ring (bicyclic) bond motifs is 2. The summed E-state index contributed by atoms with van der Waals surface area (Å²) in [6.07, 6.45) is 5.80. The van der Waals surface area contributed by atoms with Gasteiger partial charge in [-0.15, -0.1) is 5.10 Å². The molecule has 1 aromatic heterocycles. The van der Waals surface area contributed by atoms with Gasteiger partial charge in [-0.05, 0) is 51.8 Å². The van der Waals surface area contributed by atoms with E-state index in [-0.39, 0.29) is 24.8 Å². The fourth-order valence-electron chi connectivity index (χ4n) is 4.71. The molecule has 2 aliphatic heterocycles. The maximum atomic E-state index is 12.7. The number of aromatic nitrogens is 3. The lowest BCUT2D eigenvalue weighted by atomic mass is 9.97. The second kappa shape index (κ2) is 11.6. The van der Waals surface area contributed by atoms with Gasteiger partial charge in [0, 0.05) is 34.9 Å². The van der Waals surface area contributed by atoms with Crippen molar-refractivity contribution in [3.05, 3.63) is 30.0 Å². The summed E-state index contributed by atoms with van der Waals surface area (Å²) < 4.78 is 6.30. The zero-order chi connectivity index (χ0) is 25.5. The first kappa shape index (κ1) is 25.8. The van der Waals surface area contributed by atoms with E-state index in [9.17, 15) is 9.59 Å². The molecule has 1 aromatic carbocycles. The molecular formula is C23H31N7O5. The molecule has 188 valence electrons. The van der Waals surface area contributed by atoms with Crippen molar-refractivity contribution in [2.75, 3.05) is 19.4 Å². The van der Waals surface area contributed by atoms with Crippen LogP contribution in [0.2, 0.25) is 0 Å². The van der Waals surface area contributed by atoms with Crippen LogP contribution in [0.25, 0.3) is 11.3 Å². The van der Waals surface area contributed by atoms with Crippen LogP contribution >= 0.6 is 0 Å². The van der Waals surface area contributed by atoms with Crippen LogP contribution in [0.15, 0.2) is 24.4 Å². The van der Waals surface area contributed by atoms with E-state index in [2.05, 4.69) is 27.6 Å². The fraction of sp³-hybridized carbons (Fsp3) is 0.478. The minimum absolute atomic E-state index is 0.0299. The summed E-state index contributed by atoms with van der Waals surface area (Å²) in [5.41, 5.74) is 7.93. The van der Waals surface area contributed by atoms with Crippen LogP contribution in [-0.4, -0.2) is 80.8 Å². The van der Waals surface area contributed by atoms with Crippen molar-refractivity contribution in [3.63, 3.8) is 0 Å². The van der Waals surface area contributed by atoms with Crippen LogP contribution in [0.4, 0.5) is 5.69 Å². The molecule has 3 heterocycles. The summed E-state index contributed by atoms with van der Waals surface area (Å²) in [4.78, 5) is 35.1. The largest absolute Gasteiger partial charge is 0.483 e. The summed E-state index contributed by atoms with van der Waals surface area (Å²) in [6, 6.07) is 6.15. The molecule has 2 aromatic rings. The lowest BCUT2D eigenvalue weighted by Crippen LogP contribution is -2.50. The molecule has 2 atom stereocenters. The quantitative estimate of drug-likeness (QED) is 0.192. The molecule has 0 aliphatic carbocycles. The zero-order valence-corrected chi connectivity index (χ0v) is 19.8. The van der Waals surface area contributed by atoms with Crippen molar-refractivity contribution in [1.82, 2.24) is 25.2 Å². The highest BCUT2D eigenvalue weighted by molar-refractivity contribution is 6.45. The molecule has 0 radical (unpaired) electrons. The van der Waals surface area contributed by atoms with Crippen molar-refractivity contribution in [2.24, 2.45) is 0 Å². The Balaban J connectivity index is 0.00000108. The van der Waals surface area contributed by atoms with Crippen LogP contribution in [0, 0.1) is 5.41 Å². The number of nitrogens with two attached hydrogens (primary N) is 1.